The lowest BCUT2D eigenvalue weighted by atomic mass is 10.0. The Balaban J connectivity index is 3.83. The highest BCUT2D eigenvalue weighted by atomic mass is 16.5. The van der Waals surface area contributed by atoms with Crippen LogP contribution in [0.2, 0.25) is 0 Å². The summed E-state index contributed by atoms with van der Waals surface area (Å²) >= 11 is 0. The monoisotopic (exact) mass is 231 g/mol. The highest BCUT2D eigenvalue weighted by Crippen LogP contribution is 1.99. The minimum atomic E-state index is -0.479. The van der Waals surface area contributed by atoms with E-state index in [-0.39, 0.29) is 18.4 Å². The van der Waals surface area contributed by atoms with Crippen molar-refractivity contribution >= 4 is 11.8 Å². The lowest BCUT2D eigenvalue weighted by Gasteiger charge is -2.18. The Kier molecular flexibility index (Phi) is 7.49. The lowest BCUT2D eigenvalue weighted by molar-refractivity contribution is -0.122. The molecule has 0 aromatic rings. The van der Waals surface area contributed by atoms with Gasteiger partial charge in [0.05, 0.1) is 19.2 Å². The first kappa shape index (κ1) is 14.9. The highest BCUT2D eigenvalue weighted by molar-refractivity contribution is 5.82. The highest BCUT2D eigenvalue weighted by Gasteiger charge is 2.19. The molecule has 1 unspecified atom stereocenters. The molecule has 0 rings (SSSR count). The van der Waals surface area contributed by atoms with Crippen LogP contribution in [0, 0.1) is 5.92 Å². The van der Waals surface area contributed by atoms with Crippen LogP contribution in [0.15, 0.2) is 0 Å². The maximum atomic E-state index is 11.3. The van der Waals surface area contributed by atoms with E-state index in [1.54, 1.807) is 7.11 Å². The van der Waals surface area contributed by atoms with Crippen LogP contribution in [0.3, 0.4) is 0 Å². The number of hydrogen-bond acceptors (Lipinski definition) is 4. The third kappa shape index (κ3) is 6.36. The third-order valence-corrected chi connectivity index (χ3v) is 2.08. The van der Waals surface area contributed by atoms with Gasteiger partial charge in [-0.25, -0.2) is 0 Å². The normalized spacial score (nSPS) is 12.5. The van der Waals surface area contributed by atoms with Crippen LogP contribution < -0.4 is 16.4 Å². The van der Waals surface area contributed by atoms with Crippen molar-refractivity contribution in [2.24, 2.45) is 11.7 Å². The van der Waals surface area contributed by atoms with Gasteiger partial charge in [0.1, 0.15) is 0 Å². The summed E-state index contributed by atoms with van der Waals surface area (Å²) in [6.45, 7) is 4.74. The van der Waals surface area contributed by atoms with E-state index >= 15 is 0 Å². The number of methoxy groups -OCH3 is 1. The van der Waals surface area contributed by atoms with Crippen LogP contribution in [-0.4, -0.2) is 44.7 Å². The number of carbonyl (C=O) groups is 2. The fourth-order valence-electron chi connectivity index (χ4n) is 1.22. The Morgan fingerprint density at radius 1 is 1.38 bits per heavy atom. The molecule has 0 bridgehead atoms. The summed E-state index contributed by atoms with van der Waals surface area (Å²) in [5.74, 6) is -0.562. The molecule has 4 N–H and O–H groups in total. The molecule has 6 heteroatoms. The van der Waals surface area contributed by atoms with Gasteiger partial charge in [0.2, 0.25) is 11.8 Å². The third-order valence-electron chi connectivity index (χ3n) is 2.08. The summed E-state index contributed by atoms with van der Waals surface area (Å²) < 4.78 is 4.79. The van der Waals surface area contributed by atoms with E-state index < -0.39 is 11.9 Å². The first-order valence-electron chi connectivity index (χ1n) is 5.27. The van der Waals surface area contributed by atoms with E-state index in [1.165, 1.54) is 0 Å². The number of amides is 2. The van der Waals surface area contributed by atoms with E-state index in [2.05, 4.69) is 10.6 Å². The molecule has 1 atom stereocenters. The summed E-state index contributed by atoms with van der Waals surface area (Å²) in [5, 5.41) is 5.46. The van der Waals surface area contributed by atoms with Gasteiger partial charge in [0.25, 0.3) is 0 Å². The molecule has 0 spiro atoms. The second-order valence-electron chi connectivity index (χ2n) is 3.85. The fraction of sp³-hybridized carbons (Fsp3) is 0.800. The number of rotatable bonds is 8. The summed E-state index contributed by atoms with van der Waals surface area (Å²) in [5.41, 5.74) is 5.19. The van der Waals surface area contributed by atoms with E-state index in [0.717, 1.165) is 0 Å². The molecule has 0 aromatic carbocycles. The van der Waals surface area contributed by atoms with E-state index in [1.807, 2.05) is 13.8 Å². The standard InChI is InChI=1S/C10H21N3O3/c1-7(2)9(10(11)15)13-6-8(14)12-4-5-16-3/h7,9,13H,4-6H2,1-3H3,(H2,11,15)(H,12,14). The molecular formula is C10H21N3O3. The van der Waals surface area contributed by atoms with Crippen molar-refractivity contribution in [1.82, 2.24) is 10.6 Å². The molecule has 0 saturated carbocycles. The minimum absolute atomic E-state index is 0.0595. The Hall–Kier alpha value is -1.14. The lowest BCUT2D eigenvalue weighted by Crippen LogP contribution is -2.48. The molecule has 6 nitrogen and oxygen atoms in total. The Morgan fingerprint density at radius 2 is 2.00 bits per heavy atom. The zero-order valence-corrected chi connectivity index (χ0v) is 10.1. The number of nitrogens with one attached hydrogen (secondary N) is 2. The van der Waals surface area contributed by atoms with Gasteiger partial charge >= 0.3 is 0 Å². The molecule has 0 aliphatic rings. The molecule has 0 fully saturated rings. The van der Waals surface area contributed by atoms with E-state index in [4.69, 9.17) is 10.5 Å². The number of carbonyl (C=O) groups excluding carboxylic acids is 2. The summed E-state index contributed by atoms with van der Waals surface area (Å²) in [7, 11) is 1.56. The molecule has 0 aromatic heterocycles. The van der Waals surface area contributed by atoms with Crippen molar-refractivity contribution in [2.75, 3.05) is 26.8 Å². The van der Waals surface area contributed by atoms with Gasteiger partial charge in [0, 0.05) is 13.7 Å². The topological polar surface area (TPSA) is 93.4 Å². The van der Waals surface area contributed by atoms with Gasteiger partial charge in [-0.1, -0.05) is 13.8 Å². The molecule has 16 heavy (non-hydrogen) atoms. The van der Waals surface area contributed by atoms with Crippen molar-refractivity contribution in [3.05, 3.63) is 0 Å². The molecule has 0 heterocycles. The number of ether oxygens (including phenoxy) is 1. The number of hydrogen-bond donors (Lipinski definition) is 3. The minimum Gasteiger partial charge on any atom is -0.383 e. The van der Waals surface area contributed by atoms with Crippen LogP contribution in [0.5, 0.6) is 0 Å². The van der Waals surface area contributed by atoms with Crippen LogP contribution in [0.25, 0.3) is 0 Å². The fourth-order valence-corrected chi connectivity index (χ4v) is 1.22. The maximum Gasteiger partial charge on any atom is 0.234 e. The molecular weight excluding hydrogens is 210 g/mol. The number of primary amides is 1. The van der Waals surface area contributed by atoms with Crippen LogP contribution >= 0.6 is 0 Å². The van der Waals surface area contributed by atoms with Gasteiger partial charge in [-0.3, -0.25) is 14.9 Å². The summed E-state index contributed by atoms with van der Waals surface area (Å²) in [6, 6.07) is -0.479. The SMILES string of the molecule is COCCNC(=O)CNC(C(N)=O)C(C)C. The second kappa shape index (κ2) is 8.06. The van der Waals surface area contributed by atoms with Crippen molar-refractivity contribution in [3.63, 3.8) is 0 Å². The van der Waals surface area contributed by atoms with Crippen molar-refractivity contribution in [3.8, 4) is 0 Å². The van der Waals surface area contributed by atoms with Crippen molar-refractivity contribution < 1.29 is 14.3 Å². The maximum absolute atomic E-state index is 11.3. The Bertz CT molecular complexity index is 231. The van der Waals surface area contributed by atoms with E-state index in [9.17, 15) is 9.59 Å². The first-order valence-corrected chi connectivity index (χ1v) is 5.27. The van der Waals surface area contributed by atoms with Gasteiger partial charge in [-0.2, -0.15) is 0 Å². The Morgan fingerprint density at radius 3 is 2.44 bits per heavy atom. The quantitative estimate of drug-likeness (QED) is 0.460. The zero-order chi connectivity index (χ0) is 12.6. The molecule has 0 aliphatic heterocycles. The molecule has 0 saturated heterocycles. The Labute approximate surface area is 95.9 Å². The summed E-state index contributed by atoms with van der Waals surface area (Å²) in [6.07, 6.45) is 0. The second-order valence-corrected chi connectivity index (χ2v) is 3.85. The zero-order valence-electron chi connectivity index (χ0n) is 10.1. The average molecular weight is 231 g/mol. The van der Waals surface area contributed by atoms with Crippen LogP contribution in [0.4, 0.5) is 0 Å². The largest absolute Gasteiger partial charge is 0.383 e. The first-order chi connectivity index (χ1) is 7.49. The summed E-state index contributed by atoms with van der Waals surface area (Å²) in [4.78, 5) is 22.3. The van der Waals surface area contributed by atoms with Crippen LogP contribution in [-0.2, 0) is 14.3 Å². The predicted octanol–water partition coefficient (Wildman–Crippen LogP) is -1.15. The van der Waals surface area contributed by atoms with Gasteiger partial charge in [0.15, 0.2) is 0 Å². The van der Waals surface area contributed by atoms with Gasteiger partial charge in [-0.05, 0) is 5.92 Å². The van der Waals surface area contributed by atoms with E-state index in [0.29, 0.717) is 13.2 Å². The van der Waals surface area contributed by atoms with Crippen molar-refractivity contribution in [2.45, 2.75) is 19.9 Å². The van der Waals surface area contributed by atoms with Crippen molar-refractivity contribution in [1.29, 1.82) is 0 Å². The average Bonchev–Trinajstić information content (AvgIpc) is 2.17. The van der Waals surface area contributed by atoms with Crippen LogP contribution in [0.1, 0.15) is 13.8 Å². The molecule has 94 valence electrons. The van der Waals surface area contributed by atoms with Gasteiger partial charge < -0.3 is 15.8 Å². The van der Waals surface area contributed by atoms with Gasteiger partial charge in [-0.15, -0.1) is 0 Å². The molecule has 0 aliphatic carbocycles. The smallest absolute Gasteiger partial charge is 0.234 e. The molecule has 0 radical (unpaired) electrons. The number of nitrogens with two attached hydrogens (primary N) is 1. The molecule has 2 amide bonds. The predicted molar refractivity (Wildman–Crippen MR) is 60.7 cm³/mol.